The summed E-state index contributed by atoms with van der Waals surface area (Å²) in [6.07, 6.45) is 2.73. The van der Waals surface area contributed by atoms with Crippen LogP contribution in [0.3, 0.4) is 0 Å². The Morgan fingerprint density at radius 3 is 2.70 bits per heavy atom. The van der Waals surface area contributed by atoms with Gasteiger partial charge < -0.3 is 11.1 Å². The molecular weight excluding hydrogens is 445 g/mol. The number of carbonyl (C=O) groups excluding carboxylic acids is 2. The Hall–Kier alpha value is -4.04. The molecule has 0 spiro atoms. The number of aromatic nitrogens is 3. The number of carbonyl (C=O) groups is 2. The molecule has 7 nitrogen and oxygen atoms in total. The highest BCUT2D eigenvalue weighted by molar-refractivity contribution is 6.33. The van der Waals surface area contributed by atoms with Gasteiger partial charge in [0.2, 0.25) is 0 Å². The molecule has 1 aliphatic carbocycles. The van der Waals surface area contributed by atoms with Gasteiger partial charge in [0, 0.05) is 23.0 Å². The van der Waals surface area contributed by atoms with Crippen LogP contribution in [0.25, 0.3) is 16.9 Å². The van der Waals surface area contributed by atoms with Gasteiger partial charge in [-0.15, -0.1) is 0 Å². The van der Waals surface area contributed by atoms with Gasteiger partial charge >= 0.3 is 0 Å². The second-order valence-corrected chi connectivity index (χ2v) is 7.96. The van der Waals surface area contributed by atoms with Crippen molar-refractivity contribution in [2.75, 3.05) is 5.32 Å². The summed E-state index contributed by atoms with van der Waals surface area (Å²) in [5, 5.41) is 7.35. The van der Waals surface area contributed by atoms with Crippen LogP contribution < -0.4 is 11.1 Å². The lowest BCUT2D eigenvalue weighted by atomic mass is 9.88. The molecule has 33 heavy (non-hydrogen) atoms. The molecule has 5 rings (SSSR count). The van der Waals surface area contributed by atoms with Crippen molar-refractivity contribution < 1.29 is 14.0 Å². The van der Waals surface area contributed by atoms with Gasteiger partial charge in [-0.25, -0.2) is 14.1 Å². The molecule has 2 aromatic heterocycles. The number of primary amides is 1. The lowest BCUT2D eigenvalue weighted by Gasteiger charge is -2.20. The molecule has 2 heterocycles. The van der Waals surface area contributed by atoms with Gasteiger partial charge in [-0.2, -0.15) is 5.10 Å². The van der Waals surface area contributed by atoms with Crippen molar-refractivity contribution in [2.45, 2.75) is 12.8 Å². The van der Waals surface area contributed by atoms with Crippen LogP contribution in [0.2, 0.25) is 5.15 Å². The van der Waals surface area contributed by atoms with Crippen molar-refractivity contribution in [3.05, 3.63) is 94.1 Å². The largest absolute Gasteiger partial charge is 0.364 e. The van der Waals surface area contributed by atoms with E-state index in [2.05, 4.69) is 15.4 Å². The van der Waals surface area contributed by atoms with E-state index in [1.807, 2.05) is 6.07 Å². The quantitative estimate of drug-likeness (QED) is 0.445. The molecule has 0 saturated carbocycles. The lowest BCUT2D eigenvalue weighted by molar-refractivity contribution is 0.0992. The summed E-state index contributed by atoms with van der Waals surface area (Å²) in [6, 6.07) is 14.7. The van der Waals surface area contributed by atoms with Gasteiger partial charge in [-0.05, 0) is 60.9 Å². The molecule has 0 fully saturated rings. The number of hydrogen-bond acceptors (Lipinski definition) is 4. The first-order chi connectivity index (χ1) is 15.9. The maximum Gasteiger partial charge on any atom is 0.269 e. The average Bonchev–Trinajstić information content (AvgIpc) is 3.20. The van der Waals surface area contributed by atoms with Crippen LogP contribution in [0.1, 0.15) is 32.0 Å². The van der Waals surface area contributed by atoms with Gasteiger partial charge in [-0.1, -0.05) is 23.7 Å². The Bertz CT molecular complexity index is 1430. The number of halogens is 2. The van der Waals surface area contributed by atoms with Crippen molar-refractivity contribution in [2.24, 2.45) is 5.73 Å². The van der Waals surface area contributed by atoms with Gasteiger partial charge in [0.05, 0.1) is 16.9 Å². The second-order valence-electron chi connectivity index (χ2n) is 7.60. The fourth-order valence-corrected chi connectivity index (χ4v) is 4.27. The Morgan fingerprint density at radius 2 is 1.94 bits per heavy atom. The molecule has 0 unspecified atom stereocenters. The van der Waals surface area contributed by atoms with E-state index in [9.17, 15) is 14.0 Å². The third-order valence-electron chi connectivity index (χ3n) is 5.54. The molecule has 4 aromatic rings. The number of nitrogens with zero attached hydrogens (tertiary/aromatic N) is 3. The van der Waals surface area contributed by atoms with Crippen LogP contribution >= 0.6 is 11.6 Å². The molecule has 2 aromatic carbocycles. The highest BCUT2D eigenvalue weighted by Gasteiger charge is 2.28. The van der Waals surface area contributed by atoms with Crippen molar-refractivity contribution >= 4 is 29.1 Å². The number of nitrogens with one attached hydrogen (secondary N) is 1. The minimum absolute atomic E-state index is 0.102. The van der Waals surface area contributed by atoms with E-state index in [0.29, 0.717) is 35.5 Å². The van der Waals surface area contributed by atoms with Crippen molar-refractivity contribution in [3.8, 4) is 16.9 Å². The minimum atomic E-state index is -0.652. The van der Waals surface area contributed by atoms with Gasteiger partial charge in [0.25, 0.3) is 11.8 Å². The Morgan fingerprint density at radius 1 is 1.09 bits per heavy atom. The number of rotatable bonds is 4. The first-order valence-corrected chi connectivity index (χ1v) is 10.5. The van der Waals surface area contributed by atoms with Crippen LogP contribution in [-0.4, -0.2) is 26.6 Å². The molecule has 0 radical (unpaired) electrons. The molecule has 3 N–H and O–H groups in total. The number of aryl methyl sites for hydroxylation is 1. The van der Waals surface area contributed by atoms with Crippen LogP contribution in [0.5, 0.6) is 0 Å². The van der Waals surface area contributed by atoms with E-state index in [-0.39, 0.29) is 16.4 Å². The SMILES string of the molecule is NC(=O)c1nn(-c2cccc(F)c2)c2c1CCc1ccc(NC(=O)c3cccnc3Cl)cc1-2. The number of benzene rings is 2. The number of hydrogen-bond donors (Lipinski definition) is 2. The predicted molar refractivity (Wildman–Crippen MR) is 122 cm³/mol. The van der Waals surface area contributed by atoms with E-state index in [4.69, 9.17) is 17.3 Å². The summed E-state index contributed by atoms with van der Waals surface area (Å²) >= 11 is 6.04. The number of anilines is 1. The smallest absolute Gasteiger partial charge is 0.269 e. The first-order valence-electron chi connectivity index (χ1n) is 10.1. The van der Waals surface area contributed by atoms with Crippen molar-refractivity contribution in [1.82, 2.24) is 14.8 Å². The summed E-state index contributed by atoms with van der Waals surface area (Å²) in [5.74, 6) is -1.48. The maximum absolute atomic E-state index is 14.0. The summed E-state index contributed by atoms with van der Waals surface area (Å²) in [4.78, 5) is 28.7. The van der Waals surface area contributed by atoms with Crippen LogP contribution in [0.15, 0.2) is 60.8 Å². The molecule has 9 heteroatoms. The summed E-state index contributed by atoms with van der Waals surface area (Å²) < 4.78 is 15.5. The van der Waals surface area contributed by atoms with Crippen LogP contribution in [0.4, 0.5) is 10.1 Å². The van der Waals surface area contributed by atoms with E-state index in [1.165, 1.54) is 23.0 Å². The number of nitrogens with two attached hydrogens (primary N) is 1. The number of fused-ring (bicyclic) bond motifs is 3. The summed E-state index contributed by atoms with van der Waals surface area (Å²) in [7, 11) is 0. The third-order valence-corrected chi connectivity index (χ3v) is 5.84. The molecular formula is C24H17ClFN5O2. The standard InChI is InChI=1S/C24H17ClFN5O2/c25-22-18(5-2-10-28-22)24(33)29-15-8-6-13-7-9-17-20(23(27)32)30-31(21(17)19(13)12-15)16-4-1-3-14(26)11-16/h1-6,8,10-12H,7,9H2,(H2,27,32)(H,29,33). The first kappa shape index (κ1) is 20.8. The molecule has 0 saturated heterocycles. The van der Waals surface area contributed by atoms with Crippen LogP contribution in [0, 0.1) is 5.82 Å². The third kappa shape index (κ3) is 3.74. The maximum atomic E-state index is 14.0. The summed E-state index contributed by atoms with van der Waals surface area (Å²) in [6.45, 7) is 0. The molecule has 164 valence electrons. The topological polar surface area (TPSA) is 103 Å². The average molecular weight is 462 g/mol. The van der Waals surface area contributed by atoms with Crippen molar-refractivity contribution in [1.29, 1.82) is 0 Å². The minimum Gasteiger partial charge on any atom is -0.364 e. The molecule has 0 atom stereocenters. The molecule has 1 aliphatic rings. The van der Waals surface area contributed by atoms with E-state index in [0.717, 1.165) is 11.1 Å². The van der Waals surface area contributed by atoms with E-state index in [1.54, 1.807) is 36.4 Å². The van der Waals surface area contributed by atoms with Crippen molar-refractivity contribution in [3.63, 3.8) is 0 Å². The number of amides is 2. The fraction of sp³-hybridized carbons (Fsp3) is 0.0833. The second kappa shape index (κ2) is 8.14. The Kier molecular flexibility index (Phi) is 5.14. The number of pyridine rings is 1. The fourth-order valence-electron chi connectivity index (χ4n) is 4.06. The predicted octanol–water partition coefficient (Wildman–Crippen LogP) is 4.18. The van der Waals surface area contributed by atoms with Gasteiger partial charge in [0.1, 0.15) is 11.0 Å². The van der Waals surface area contributed by atoms with Gasteiger partial charge in [-0.3, -0.25) is 9.59 Å². The zero-order valence-electron chi connectivity index (χ0n) is 17.2. The zero-order valence-corrected chi connectivity index (χ0v) is 17.9. The molecule has 0 bridgehead atoms. The zero-order chi connectivity index (χ0) is 23.1. The highest BCUT2D eigenvalue weighted by Crippen LogP contribution is 2.38. The summed E-state index contributed by atoms with van der Waals surface area (Å²) in [5.41, 5.74) is 10.1. The van der Waals surface area contributed by atoms with E-state index >= 15 is 0 Å². The lowest BCUT2D eigenvalue weighted by Crippen LogP contribution is -2.16. The van der Waals surface area contributed by atoms with Gasteiger partial charge in [0.15, 0.2) is 5.69 Å². The Labute approximate surface area is 193 Å². The highest BCUT2D eigenvalue weighted by atomic mass is 35.5. The van der Waals surface area contributed by atoms with E-state index < -0.39 is 17.6 Å². The monoisotopic (exact) mass is 461 g/mol. The Balaban J connectivity index is 1.62. The normalized spacial score (nSPS) is 12.1. The molecule has 0 aliphatic heterocycles. The van der Waals surface area contributed by atoms with Crippen LogP contribution in [-0.2, 0) is 12.8 Å². The molecule has 2 amide bonds.